The summed E-state index contributed by atoms with van der Waals surface area (Å²) >= 11 is 2.26. The number of fused-ring (bicyclic) bond motifs is 1. The molecule has 2 aromatic carbocycles. The number of anilines is 1. The lowest BCUT2D eigenvalue weighted by Gasteiger charge is -2.18. The molecule has 0 fully saturated rings. The van der Waals surface area contributed by atoms with Gasteiger partial charge in [-0.2, -0.15) is 0 Å². The van der Waals surface area contributed by atoms with Crippen molar-refractivity contribution in [3.05, 3.63) is 45.5 Å². The van der Waals surface area contributed by atoms with E-state index in [0.717, 1.165) is 20.2 Å². The molecule has 4 heteroatoms. The number of nitrogens with zero attached hydrogens (tertiary/aromatic N) is 1. The predicted molar refractivity (Wildman–Crippen MR) is 95.3 cm³/mol. The Morgan fingerprint density at radius 1 is 1.10 bits per heavy atom. The maximum Gasteiger partial charge on any atom is 0.229 e. The number of nitrogen functional groups attached to an aromatic ring is 1. The Morgan fingerprint density at radius 2 is 1.86 bits per heavy atom. The fraction of sp³-hybridized carbons (Fsp3) is 0.235. The quantitative estimate of drug-likeness (QED) is 0.470. The first-order valence-electron chi connectivity index (χ1n) is 6.81. The minimum absolute atomic E-state index is 0.0917. The highest BCUT2D eigenvalue weighted by Crippen LogP contribution is 2.32. The Kier molecular flexibility index (Phi) is 3.43. The molecule has 3 nitrogen and oxygen atoms in total. The Hall–Kier alpha value is -1.56. The average Bonchev–Trinajstić information content (AvgIpc) is 2.83. The van der Waals surface area contributed by atoms with Gasteiger partial charge in [-0.3, -0.25) is 0 Å². The monoisotopic (exact) mass is 392 g/mol. The number of halogens is 1. The predicted octanol–water partition coefficient (Wildman–Crippen LogP) is 4.98. The maximum absolute atomic E-state index is 6.04. The molecule has 21 heavy (non-hydrogen) atoms. The summed E-state index contributed by atoms with van der Waals surface area (Å²) in [7, 11) is 0. The van der Waals surface area contributed by atoms with Crippen LogP contribution in [0.15, 0.2) is 40.8 Å². The lowest BCUT2D eigenvalue weighted by molar-refractivity contribution is 0.590. The van der Waals surface area contributed by atoms with Crippen LogP contribution in [0.5, 0.6) is 0 Å². The van der Waals surface area contributed by atoms with E-state index in [1.54, 1.807) is 0 Å². The molecule has 0 saturated heterocycles. The highest BCUT2D eigenvalue weighted by molar-refractivity contribution is 14.1. The summed E-state index contributed by atoms with van der Waals surface area (Å²) in [6.45, 7) is 6.56. The summed E-state index contributed by atoms with van der Waals surface area (Å²) in [5.74, 6) is 0.576. The number of oxazole rings is 1. The minimum Gasteiger partial charge on any atom is -0.436 e. The highest BCUT2D eigenvalue weighted by atomic mass is 127. The molecule has 3 rings (SSSR count). The first-order valence-corrected chi connectivity index (χ1v) is 7.89. The summed E-state index contributed by atoms with van der Waals surface area (Å²) in [6, 6.07) is 12.0. The molecule has 0 radical (unpaired) electrons. The number of hydrogen-bond acceptors (Lipinski definition) is 3. The number of nitrogens with two attached hydrogens (primary N) is 1. The van der Waals surface area contributed by atoms with Crippen LogP contribution in [0.25, 0.3) is 22.6 Å². The van der Waals surface area contributed by atoms with Gasteiger partial charge in [0, 0.05) is 9.26 Å². The van der Waals surface area contributed by atoms with E-state index in [2.05, 4.69) is 60.5 Å². The van der Waals surface area contributed by atoms with Gasteiger partial charge in [0.25, 0.3) is 0 Å². The summed E-state index contributed by atoms with van der Waals surface area (Å²) in [6.07, 6.45) is 0. The molecule has 0 aliphatic carbocycles. The van der Waals surface area contributed by atoms with E-state index in [4.69, 9.17) is 10.2 Å². The molecule has 0 saturated carbocycles. The minimum atomic E-state index is 0.0917. The molecule has 0 aliphatic rings. The van der Waals surface area contributed by atoms with Gasteiger partial charge in [0.2, 0.25) is 5.89 Å². The lowest BCUT2D eigenvalue weighted by Crippen LogP contribution is -2.10. The van der Waals surface area contributed by atoms with Gasteiger partial charge in [-0.1, -0.05) is 26.8 Å². The molecule has 1 aromatic heterocycles. The van der Waals surface area contributed by atoms with Crippen LogP contribution >= 0.6 is 22.6 Å². The Labute approximate surface area is 137 Å². The van der Waals surface area contributed by atoms with Gasteiger partial charge in [0.05, 0.1) is 5.56 Å². The Balaban J connectivity index is 2.15. The third-order valence-electron chi connectivity index (χ3n) is 3.50. The number of aromatic nitrogens is 1. The molecule has 0 aliphatic heterocycles. The van der Waals surface area contributed by atoms with Crippen LogP contribution in [-0.4, -0.2) is 4.98 Å². The second-order valence-corrected chi connectivity index (χ2v) is 7.43. The zero-order valence-corrected chi connectivity index (χ0v) is 14.4. The normalized spacial score (nSPS) is 12.0. The molecule has 0 bridgehead atoms. The first kappa shape index (κ1) is 14.4. The summed E-state index contributed by atoms with van der Waals surface area (Å²) < 4.78 is 6.97. The van der Waals surface area contributed by atoms with E-state index < -0.39 is 0 Å². The van der Waals surface area contributed by atoms with Crippen LogP contribution in [0.4, 0.5) is 5.69 Å². The fourth-order valence-electron chi connectivity index (χ4n) is 2.22. The van der Waals surface area contributed by atoms with Crippen molar-refractivity contribution >= 4 is 39.4 Å². The molecule has 2 N–H and O–H groups in total. The molecule has 0 atom stereocenters. The average molecular weight is 392 g/mol. The van der Waals surface area contributed by atoms with Crippen LogP contribution in [0.3, 0.4) is 0 Å². The largest absolute Gasteiger partial charge is 0.436 e. The van der Waals surface area contributed by atoms with Gasteiger partial charge in [0.1, 0.15) is 5.52 Å². The van der Waals surface area contributed by atoms with E-state index in [0.29, 0.717) is 11.6 Å². The first-order chi connectivity index (χ1) is 9.84. The van der Waals surface area contributed by atoms with Crippen molar-refractivity contribution in [1.29, 1.82) is 0 Å². The molecule has 3 aromatic rings. The maximum atomic E-state index is 6.04. The van der Waals surface area contributed by atoms with Gasteiger partial charge < -0.3 is 10.2 Å². The molecule has 1 heterocycles. The standard InChI is InChI=1S/C17H17IN2O/c1-17(2,3)10-4-7-15-14(8-10)20-16(21-15)12-9-11(18)5-6-13(12)19/h4-9H,19H2,1-3H3. The van der Waals surface area contributed by atoms with Gasteiger partial charge in [-0.15, -0.1) is 0 Å². The molecule has 0 amide bonds. The number of hydrogen-bond donors (Lipinski definition) is 1. The SMILES string of the molecule is CC(C)(C)c1ccc2oc(-c3cc(I)ccc3N)nc2c1. The van der Waals surface area contributed by atoms with E-state index in [1.165, 1.54) is 5.56 Å². The molecular weight excluding hydrogens is 375 g/mol. The van der Waals surface area contributed by atoms with E-state index >= 15 is 0 Å². The van der Waals surface area contributed by atoms with Crippen LogP contribution in [-0.2, 0) is 5.41 Å². The van der Waals surface area contributed by atoms with Crippen LogP contribution in [0.2, 0.25) is 0 Å². The Bertz CT molecular complexity index is 815. The zero-order chi connectivity index (χ0) is 15.2. The molecule has 108 valence electrons. The number of rotatable bonds is 1. The van der Waals surface area contributed by atoms with Crippen molar-refractivity contribution in [2.75, 3.05) is 5.73 Å². The van der Waals surface area contributed by atoms with Gasteiger partial charge >= 0.3 is 0 Å². The summed E-state index contributed by atoms with van der Waals surface area (Å²) in [5, 5.41) is 0. The van der Waals surface area contributed by atoms with Gasteiger partial charge in [-0.05, 0) is 63.9 Å². The molecular formula is C17H17IN2O. The smallest absolute Gasteiger partial charge is 0.229 e. The van der Waals surface area contributed by atoms with Crippen molar-refractivity contribution in [1.82, 2.24) is 4.98 Å². The van der Waals surface area contributed by atoms with Crippen LogP contribution in [0.1, 0.15) is 26.3 Å². The van der Waals surface area contributed by atoms with Gasteiger partial charge in [0.15, 0.2) is 5.58 Å². The lowest BCUT2D eigenvalue weighted by atomic mass is 9.87. The van der Waals surface area contributed by atoms with Crippen molar-refractivity contribution in [3.8, 4) is 11.5 Å². The second kappa shape index (κ2) is 5.02. The summed E-state index contributed by atoms with van der Waals surface area (Å²) in [5.41, 5.74) is 10.6. The second-order valence-electron chi connectivity index (χ2n) is 6.18. The summed E-state index contributed by atoms with van der Waals surface area (Å²) in [4.78, 5) is 4.61. The van der Waals surface area contributed by atoms with Crippen molar-refractivity contribution in [2.45, 2.75) is 26.2 Å². The van der Waals surface area contributed by atoms with Crippen LogP contribution < -0.4 is 5.73 Å². The highest BCUT2D eigenvalue weighted by Gasteiger charge is 2.17. The van der Waals surface area contributed by atoms with E-state index in [1.807, 2.05) is 24.3 Å². The number of benzene rings is 2. The van der Waals surface area contributed by atoms with E-state index in [-0.39, 0.29) is 5.41 Å². The van der Waals surface area contributed by atoms with Gasteiger partial charge in [-0.25, -0.2) is 4.98 Å². The molecule has 0 spiro atoms. The third kappa shape index (κ3) is 2.77. The van der Waals surface area contributed by atoms with E-state index in [9.17, 15) is 0 Å². The Morgan fingerprint density at radius 3 is 2.57 bits per heavy atom. The topological polar surface area (TPSA) is 52.0 Å². The fourth-order valence-corrected chi connectivity index (χ4v) is 2.71. The zero-order valence-electron chi connectivity index (χ0n) is 12.3. The van der Waals surface area contributed by atoms with Crippen molar-refractivity contribution < 1.29 is 4.42 Å². The molecule has 0 unspecified atom stereocenters. The van der Waals surface area contributed by atoms with Crippen molar-refractivity contribution in [2.24, 2.45) is 0 Å². The van der Waals surface area contributed by atoms with Crippen LogP contribution in [0, 0.1) is 3.57 Å². The third-order valence-corrected chi connectivity index (χ3v) is 4.17. The van der Waals surface area contributed by atoms with Crippen molar-refractivity contribution in [3.63, 3.8) is 0 Å².